The largest absolute Gasteiger partial charge is 0.366 e. The first-order valence-corrected chi connectivity index (χ1v) is 10.1. The molecule has 1 saturated heterocycles. The third kappa shape index (κ3) is 3.58. The molecule has 0 spiro atoms. The van der Waals surface area contributed by atoms with Crippen LogP contribution < -0.4 is 4.90 Å². The first-order chi connectivity index (χ1) is 11.8. The van der Waals surface area contributed by atoms with E-state index < -0.39 is 10.0 Å². The molecule has 1 fully saturated rings. The van der Waals surface area contributed by atoms with Crippen LogP contribution in [0, 0.1) is 20.8 Å². The van der Waals surface area contributed by atoms with Gasteiger partial charge < -0.3 is 4.90 Å². The summed E-state index contributed by atoms with van der Waals surface area (Å²) in [6, 6.07) is 14.1. The summed E-state index contributed by atoms with van der Waals surface area (Å²) in [6.45, 7) is 9.72. The molecule has 2 aromatic rings. The van der Waals surface area contributed by atoms with Crippen LogP contribution in [0.2, 0.25) is 0 Å². The maximum Gasteiger partial charge on any atom is 0.243 e. The molecule has 3 rings (SSSR count). The van der Waals surface area contributed by atoms with Gasteiger partial charge in [-0.3, -0.25) is 0 Å². The van der Waals surface area contributed by atoms with E-state index in [2.05, 4.69) is 43.0 Å². The summed E-state index contributed by atoms with van der Waals surface area (Å²) in [5, 5.41) is 0. The minimum atomic E-state index is -3.45. The molecule has 2 aromatic carbocycles. The Morgan fingerprint density at radius 1 is 0.920 bits per heavy atom. The lowest BCUT2D eigenvalue weighted by Crippen LogP contribution is -2.53. The molecule has 5 heteroatoms. The number of nitrogens with zero attached hydrogens (tertiary/aromatic N) is 2. The number of rotatable bonds is 3. The van der Waals surface area contributed by atoms with Crippen molar-refractivity contribution >= 4 is 15.7 Å². The van der Waals surface area contributed by atoms with Crippen molar-refractivity contribution in [1.82, 2.24) is 4.31 Å². The Morgan fingerprint density at radius 2 is 1.56 bits per heavy atom. The highest BCUT2D eigenvalue weighted by Gasteiger charge is 2.33. The van der Waals surface area contributed by atoms with Crippen LogP contribution in [0.4, 0.5) is 5.69 Å². The van der Waals surface area contributed by atoms with Crippen LogP contribution in [-0.4, -0.2) is 38.4 Å². The monoisotopic (exact) mass is 358 g/mol. The number of hydrogen-bond donors (Lipinski definition) is 0. The van der Waals surface area contributed by atoms with E-state index in [9.17, 15) is 8.42 Å². The van der Waals surface area contributed by atoms with E-state index in [-0.39, 0.29) is 6.04 Å². The highest BCUT2D eigenvalue weighted by molar-refractivity contribution is 7.89. The molecule has 0 saturated carbocycles. The summed E-state index contributed by atoms with van der Waals surface area (Å²) in [7, 11) is -3.45. The number of benzene rings is 2. The number of aryl methyl sites for hydroxylation is 3. The van der Waals surface area contributed by atoms with Gasteiger partial charge in [-0.2, -0.15) is 4.31 Å². The van der Waals surface area contributed by atoms with E-state index in [4.69, 9.17) is 0 Å². The zero-order chi connectivity index (χ0) is 18.2. The average molecular weight is 359 g/mol. The summed E-state index contributed by atoms with van der Waals surface area (Å²) < 4.78 is 27.7. The van der Waals surface area contributed by atoms with Gasteiger partial charge in [0.2, 0.25) is 10.0 Å². The van der Waals surface area contributed by atoms with Crippen molar-refractivity contribution in [1.29, 1.82) is 0 Å². The van der Waals surface area contributed by atoms with E-state index in [0.29, 0.717) is 24.5 Å². The third-order valence-corrected chi connectivity index (χ3v) is 6.93. The molecule has 1 heterocycles. The molecule has 0 bridgehead atoms. The minimum Gasteiger partial charge on any atom is -0.366 e. The van der Waals surface area contributed by atoms with Crippen LogP contribution >= 0.6 is 0 Å². The van der Waals surface area contributed by atoms with Crippen molar-refractivity contribution < 1.29 is 8.42 Å². The van der Waals surface area contributed by atoms with E-state index in [1.165, 1.54) is 5.56 Å². The van der Waals surface area contributed by atoms with Crippen LogP contribution in [0.3, 0.4) is 0 Å². The maximum atomic E-state index is 13.1. The molecule has 0 amide bonds. The maximum absolute atomic E-state index is 13.1. The Balaban J connectivity index is 1.81. The van der Waals surface area contributed by atoms with Crippen LogP contribution in [0.15, 0.2) is 47.4 Å². The molecule has 0 N–H and O–H groups in total. The van der Waals surface area contributed by atoms with Gasteiger partial charge in [0.15, 0.2) is 0 Å². The summed E-state index contributed by atoms with van der Waals surface area (Å²) in [5.74, 6) is 0. The molecule has 1 unspecified atom stereocenters. The molecule has 0 aliphatic carbocycles. The minimum absolute atomic E-state index is 0.136. The van der Waals surface area contributed by atoms with Crippen molar-refractivity contribution in [2.45, 2.75) is 38.6 Å². The molecule has 1 atom stereocenters. The average Bonchev–Trinajstić information content (AvgIpc) is 2.55. The van der Waals surface area contributed by atoms with Crippen LogP contribution in [0.1, 0.15) is 23.6 Å². The zero-order valence-corrected chi connectivity index (χ0v) is 16.2. The fraction of sp³-hybridized carbons (Fsp3) is 0.400. The summed E-state index contributed by atoms with van der Waals surface area (Å²) >= 11 is 0. The molecule has 0 aromatic heterocycles. The second-order valence-electron chi connectivity index (χ2n) is 7.01. The highest BCUT2D eigenvalue weighted by Crippen LogP contribution is 2.26. The second-order valence-corrected chi connectivity index (χ2v) is 8.92. The molecule has 134 valence electrons. The van der Waals surface area contributed by atoms with Gasteiger partial charge >= 0.3 is 0 Å². The third-order valence-electron chi connectivity index (χ3n) is 4.90. The van der Waals surface area contributed by atoms with Gasteiger partial charge in [-0.25, -0.2) is 8.42 Å². The lowest BCUT2D eigenvalue weighted by molar-refractivity contribution is 0.342. The molecule has 4 nitrogen and oxygen atoms in total. The Labute approximate surface area is 151 Å². The topological polar surface area (TPSA) is 40.6 Å². The normalized spacial score (nSPS) is 19.2. The fourth-order valence-corrected chi connectivity index (χ4v) is 5.21. The van der Waals surface area contributed by atoms with Crippen molar-refractivity contribution in [2.24, 2.45) is 0 Å². The van der Waals surface area contributed by atoms with E-state index >= 15 is 0 Å². The quantitative estimate of drug-likeness (QED) is 0.843. The van der Waals surface area contributed by atoms with Gasteiger partial charge in [-0.05, 0) is 51.5 Å². The molecular formula is C20H26N2O2S. The zero-order valence-electron chi connectivity index (χ0n) is 15.4. The van der Waals surface area contributed by atoms with Gasteiger partial charge in [-0.1, -0.05) is 35.4 Å². The number of anilines is 1. The first-order valence-electron chi connectivity index (χ1n) is 8.70. The number of sulfonamides is 1. The Morgan fingerprint density at radius 3 is 2.16 bits per heavy atom. The van der Waals surface area contributed by atoms with Gasteiger partial charge in [0.25, 0.3) is 0 Å². The van der Waals surface area contributed by atoms with Gasteiger partial charge in [-0.15, -0.1) is 0 Å². The van der Waals surface area contributed by atoms with Crippen LogP contribution in [-0.2, 0) is 10.0 Å². The first kappa shape index (κ1) is 18.0. The molecule has 0 radical (unpaired) electrons. The van der Waals surface area contributed by atoms with Crippen LogP contribution in [0.5, 0.6) is 0 Å². The number of piperazine rings is 1. The van der Waals surface area contributed by atoms with Gasteiger partial charge in [0, 0.05) is 31.4 Å². The molecular weight excluding hydrogens is 332 g/mol. The Hall–Kier alpha value is -1.85. The second kappa shape index (κ2) is 6.81. The van der Waals surface area contributed by atoms with Gasteiger partial charge in [0.1, 0.15) is 0 Å². The highest BCUT2D eigenvalue weighted by atomic mass is 32.2. The lowest BCUT2D eigenvalue weighted by atomic mass is 10.1. The SMILES string of the molecule is Cc1ccc(N2CCN(S(=O)(=O)c3ccc(C)cc3C)CC2C)cc1. The molecule has 1 aliphatic heterocycles. The van der Waals surface area contributed by atoms with Crippen molar-refractivity contribution in [2.75, 3.05) is 24.5 Å². The standard InChI is InChI=1S/C20H26N2O2S/c1-15-5-8-19(9-6-15)22-12-11-21(14-18(22)4)25(23,24)20-10-7-16(2)13-17(20)3/h5-10,13,18H,11-12,14H2,1-4H3. The predicted molar refractivity (Wildman–Crippen MR) is 103 cm³/mol. The van der Waals surface area contributed by atoms with E-state index in [1.54, 1.807) is 10.4 Å². The van der Waals surface area contributed by atoms with Crippen molar-refractivity contribution in [3.05, 3.63) is 59.2 Å². The summed E-state index contributed by atoms with van der Waals surface area (Å²) in [6.07, 6.45) is 0. The molecule has 1 aliphatic rings. The Bertz CT molecular complexity index is 860. The predicted octanol–water partition coefficient (Wildman–Crippen LogP) is 3.51. The van der Waals surface area contributed by atoms with Crippen molar-refractivity contribution in [3.8, 4) is 0 Å². The Kier molecular flexibility index (Phi) is 4.89. The van der Waals surface area contributed by atoms with Crippen molar-refractivity contribution in [3.63, 3.8) is 0 Å². The number of hydrogen-bond acceptors (Lipinski definition) is 3. The summed E-state index contributed by atoms with van der Waals surface area (Å²) in [5.41, 5.74) is 4.27. The fourth-order valence-electron chi connectivity index (χ4n) is 3.49. The molecule has 25 heavy (non-hydrogen) atoms. The van der Waals surface area contributed by atoms with E-state index in [0.717, 1.165) is 16.8 Å². The smallest absolute Gasteiger partial charge is 0.243 e. The van der Waals surface area contributed by atoms with E-state index in [1.807, 2.05) is 26.0 Å². The van der Waals surface area contributed by atoms with Crippen LogP contribution in [0.25, 0.3) is 0 Å². The summed E-state index contributed by atoms with van der Waals surface area (Å²) in [4.78, 5) is 2.71. The van der Waals surface area contributed by atoms with Gasteiger partial charge in [0.05, 0.1) is 4.90 Å². The lowest BCUT2D eigenvalue weighted by Gasteiger charge is -2.40.